The molecule has 0 aliphatic carbocycles. The molecule has 1 fully saturated rings. The number of methoxy groups -OCH3 is 2. The first-order valence-electron chi connectivity index (χ1n) is 10.5. The number of benzene rings is 2. The van der Waals surface area contributed by atoms with E-state index in [4.69, 9.17) is 4.74 Å². The van der Waals surface area contributed by atoms with Crippen LogP contribution in [0.2, 0.25) is 0 Å². The van der Waals surface area contributed by atoms with Gasteiger partial charge in [-0.2, -0.15) is 0 Å². The molecular weight excluding hydrogens is 426 g/mol. The van der Waals surface area contributed by atoms with E-state index >= 15 is 0 Å². The first kappa shape index (κ1) is 23.8. The predicted octanol–water partition coefficient (Wildman–Crippen LogP) is 2.05. The van der Waals surface area contributed by atoms with Crippen LogP contribution >= 0.6 is 0 Å². The van der Waals surface area contributed by atoms with Crippen LogP contribution in [0, 0.1) is 0 Å². The Hall–Kier alpha value is -3.88. The zero-order valence-electron chi connectivity index (χ0n) is 18.9. The standard InChI is InChI=1S/C24H27N3O6/c1-24(18-9-11-19(32-2)12-10-18)22(30)27(23(31)25-24)16-20(28)26(14-13-21(29)33-3)15-17-7-5-4-6-8-17/h4-12H,13-16H2,1-3H3,(H,25,31). The van der Waals surface area contributed by atoms with Gasteiger partial charge in [0.15, 0.2) is 0 Å². The Morgan fingerprint density at radius 1 is 1.03 bits per heavy atom. The van der Waals surface area contributed by atoms with Gasteiger partial charge in [0.1, 0.15) is 17.8 Å². The molecule has 1 N–H and O–H groups in total. The molecule has 1 atom stereocenters. The highest BCUT2D eigenvalue weighted by Gasteiger charge is 2.49. The van der Waals surface area contributed by atoms with Crippen LogP contribution in [-0.4, -0.2) is 60.9 Å². The quantitative estimate of drug-likeness (QED) is 0.460. The van der Waals surface area contributed by atoms with Crippen LogP contribution in [0.4, 0.5) is 4.79 Å². The molecule has 0 spiro atoms. The molecule has 4 amide bonds. The van der Waals surface area contributed by atoms with E-state index in [-0.39, 0.29) is 19.5 Å². The van der Waals surface area contributed by atoms with Crippen molar-refractivity contribution >= 4 is 23.8 Å². The van der Waals surface area contributed by atoms with Gasteiger partial charge in [0.05, 0.1) is 20.6 Å². The lowest BCUT2D eigenvalue weighted by molar-refractivity contribution is -0.143. The summed E-state index contributed by atoms with van der Waals surface area (Å²) in [5, 5.41) is 2.69. The Morgan fingerprint density at radius 3 is 2.30 bits per heavy atom. The molecule has 1 aliphatic rings. The van der Waals surface area contributed by atoms with Gasteiger partial charge in [-0.05, 0) is 30.2 Å². The maximum absolute atomic E-state index is 13.2. The second-order valence-corrected chi connectivity index (χ2v) is 7.80. The van der Waals surface area contributed by atoms with Gasteiger partial charge in [-0.15, -0.1) is 0 Å². The summed E-state index contributed by atoms with van der Waals surface area (Å²) in [6.45, 7) is 1.48. The number of nitrogens with zero attached hydrogens (tertiary/aromatic N) is 2. The van der Waals surface area contributed by atoms with Crippen molar-refractivity contribution in [3.05, 3.63) is 65.7 Å². The summed E-state index contributed by atoms with van der Waals surface area (Å²) in [6.07, 6.45) is -0.00121. The molecule has 1 heterocycles. The molecule has 9 nitrogen and oxygen atoms in total. The second kappa shape index (κ2) is 10.2. The minimum atomic E-state index is -1.31. The van der Waals surface area contributed by atoms with Crippen molar-refractivity contribution in [2.45, 2.75) is 25.4 Å². The molecular formula is C24H27N3O6. The molecule has 1 unspecified atom stereocenters. The first-order valence-corrected chi connectivity index (χ1v) is 10.5. The van der Waals surface area contributed by atoms with Crippen LogP contribution in [-0.2, 0) is 31.2 Å². The first-order chi connectivity index (χ1) is 15.8. The van der Waals surface area contributed by atoms with Gasteiger partial charge in [0.2, 0.25) is 5.91 Å². The third-order valence-corrected chi connectivity index (χ3v) is 5.62. The Kier molecular flexibility index (Phi) is 7.32. The Labute approximate surface area is 192 Å². The van der Waals surface area contributed by atoms with E-state index in [9.17, 15) is 19.2 Å². The van der Waals surface area contributed by atoms with Crippen molar-refractivity contribution in [2.24, 2.45) is 0 Å². The van der Waals surface area contributed by atoms with E-state index in [1.807, 2.05) is 30.3 Å². The summed E-state index contributed by atoms with van der Waals surface area (Å²) in [4.78, 5) is 52.9. The Bertz CT molecular complexity index is 1020. The van der Waals surface area contributed by atoms with Gasteiger partial charge in [-0.3, -0.25) is 19.3 Å². The minimum absolute atomic E-state index is 0.00121. The monoisotopic (exact) mass is 453 g/mol. The number of urea groups is 1. The van der Waals surface area contributed by atoms with Crippen LogP contribution < -0.4 is 10.1 Å². The number of ether oxygens (including phenoxy) is 2. The highest BCUT2D eigenvalue weighted by Crippen LogP contribution is 2.30. The molecule has 33 heavy (non-hydrogen) atoms. The van der Waals surface area contributed by atoms with Crippen molar-refractivity contribution in [1.29, 1.82) is 0 Å². The molecule has 0 radical (unpaired) electrons. The van der Waals surface area contributed by atoms with Crippen LogP contribution in [0.5, 0.6) is 5.75 Å². The number of carbonyl (C=O) groups is 4. The summed E-state index contributed by atoms with van der Waals surface area (Å²) in [7, 11) is 2.81. The number of amides is 4. The van der Waals surface area contributed by atoms with Crippen molar-refractivity contribution in [3.8, 4) is 5.75 Å². The summed E-state index contributed by atoms with van der Waals surface area (Å²) in [5.41, 5.74) is 0.124. The highest BCUT2D eigenvalue weighted by molar-refractivity contribution is 6.09. The average molecular weight is 453 g/mol. The van der Waals surface area contributed by atoms with Crippen molar-refractivity contribution in [2.75, 3.05) is 27.3 Å². The maximum Gasteiger partial charge on any atom is 0.325 e. The molecule has 2 aromatic rings. The third kappa shape index (κ3) is 5.31. The van der Waals surface area contributed by atoms with E-state index in [1.165, 1.54) is 19.1 Å². The molecule has 9 heteroatoms. The van der Waals surface area contributed by atoms with Gasteiger partial charge in [0.25, 0.3) is 5.91 Å². The fourth-order valence-electron chi connectivity index (χ4n) is 3.62. The van der Waals surface area contributed by atoms with Crippen molar-refractivity contribution in [1.82, 2.24) is 15.1 Å². The molecule has 1 saturated heterocycles. The summed E-state index contributed by atoms with van der Waals surface area (Å²) >= 11 is 0. The van der Waals surface area contributed by atoms with Crippen molar-refractivity contribution in [3.63, 3.8) is 0 Å². The predicted molar refractivity (Wildman–Crippen MR) is 119 cm³/mol. The molecule has 174 valence electrons. The minimum Gasteiger partial charge on any atom is -0.497 e. The van der Waals surface area contributed by atoms with E-state index in [1.54, 1.807) is 31.2 Å². The lowest BCUT2D eigenvalue weighted by Crippen LogP contribution is -2.44. The van der Waals surface area contributed by atoms with Crippen LogP contribution in [0.1, 0.15) is 24.5 Å². The van der Waals surface area contributed by atoms with Gasteiger partial charge < -0.3 is 19.7 Å². The second-order valence-electron chi connectivity index (χ2n) is 7.80. The van der Waals surface area contributed by atoms with Crippen LogP contribution in [0.25, 0.3) is 0 Å². The molecule has 0 bridgehead atoms. The maximum atomic E-state index is 13.2. The average Bonchev–Trinajstić information content (AvgIpc) is 3.05. The van der Waals surface area contributed by atoms with Crippen molar-refractivity contribution < 1.29 is 28.7 Å². The highest BCUT2D eigenvalue weighted by atomic mass is 16.5. The molecule has 0 aromatic heterocycles. The van der Waals surface area contributed by atoms with E-state index < -0.39 is 35.9 Å². The Morgan fingerprint density at radius 2 is 1.70 bits per heavy atom. The number of rotatable bonds is 9. The molecule has 3 rings (SSSR count). The zero-order valence-corrected chi connectivity index (χ0v) is 18.9. The molecule has 2 aromatic carbocycles. The van der Waals surface area contributed by atoms with Gasteiger partial charge in [-0.25, -0.2) is 4.79 Å². The fourth-order valence-corrected chi connectivity index (χ4v) is 3.62. The third-order valence-electron chi connectivity index (χ3n) is 5.62. The fraction of sp³-hybridized carbons (Fsp3) is 0.333. The number of esters is 1. The number of imide groups is 1. The number of hydrogen-bond acceptors (Lipinski definition) is 6. The van der Waals surface area contributed by atoms with Crippen LogP contribution in [0.3, 0.4) is 0 Å². The number of carbonyl (C=O) groups excluding carboxylic acids is 4. The topological polar surface area (TPSA) is 105 Å². The summed E-state index contributed by atoms with van der Waals surface area (Å²) in [5.74, 6) is -0.819. The van der Waals surface area contributed by atoms with Crippen LogP contribution in [0.15, 0.2) is 54.6 Å². The van der Waals surface area contributed by atoms with E-state index in [0.29, 0.717) is 11.3 Å². The Balaban J connectivity index is 1.76. The SMILES string of the molecule is COC(=O)CCN(Cc1ccccc1)C(=O)CN1C(=O)NC(C)(c2ccc(OC)cc2)C1=O. The van der Waals surface area contributed by atoms with Gasteiger partial charge in [-0.1, -0.05) is 42.5 Å². The number of hydrogen-bond donors (Lipinski definition) is 1. The largest absolute Gasteiger partial charge is 0.497 e. The zero-order chi connectivity index (χ0) is 24.0. The normalized spacial score (nSPS) is 17.5. The summed E-state index contributed by atoms with van der Waals surface area (Å²) < 4.78 is 9.82. The smallest absolute Gasteiger partial charge is 0.325 e. The summed E-state index contributed by atoms with van der Waals surface area (Å²) in [6, 6.07) is 15.4. The lowest BCUT2D eigenvalue weighted by atomic mass is 9.92. The molecule has 0 saturated carbocycles. The van der Waals surface area contributed by atoms with Gasteiger partial charge >= 0.3 is 12.0 Å². The van der Waals surface area contributed by atoms with E-state index in [2.05, 4.69) is 10.1 Å². The van der Waals surface area contributed by atoms with Gasteiger partial charge in [0, 0.05) is 13.1 Å². The molecule has 1 aliphatic heterocycles. The number of nitrogens with one attached hydrogen (secondary N) is 1. The lowest BCUT2D eigenvalue weighted by Gasteiger charge is -2.25. The van der Waals surface area contributed by atoms with E-state index in [0.717, 1.165) is 10.5 Å².